The van der Waals surface area contributed by atoms with E-state index in [2.05, 4.69) is 182 Å². The Hall–Kier alpha value is -7.04. The van der Waals surface area contributed by atoms with Gasteiger partial charge in [0.25, 0.3) is 0 Å². The summed E-state index contributed by atoms with van der Waals surface area (Å²) in [4.78, 5) is 0. The van der Waals surface area contributed by atoms with Crippen molar-refractivity contribution in [3.8, 4) is 45.1 Å². The summed E-state index contributed by atoms with van der Waals surface area (Å²) < 4.78 is 11.2. The molecule has 0 spiro atoms. The van der Waals surface area contributed by atoms with Crippen LogP contribution in [0.1, 0.15) is 41.5 Å². The lowest BCUT2D eigenvalue weighted by molar-refractivity contribution is 0.306. The Bertz CT molecular complexity index is 2900. The summed E-state index contributed by atoms with van der Waals surface area (Å²) >= 11 is 0. The van der Waals surface area contributed by atoms with Gasteiger partial charge in [0, 0.05) is 38.4 Å². The minimum atomic E-state index is 0.243. The highest BCUT2D eigenvalue weighted by molar-refractivity contribution is 6.10. The van der Waals surface area contributed by atoms with E-state index in [9.17, 15) is 5.11 Å². The number of ether oxygens (including phenoxy) is 1. The van der Waals surface area contributed by atoms with Crippen molar-refractivity contribution < 1.29 is 9.84 Å². The third-order valence-corrected chi connectivity index (χ3v) is 12.2. The SMILES string of the molecule is Cc1cc(-c2ccccc2CCCCCOc2ccccc2-c2cc(C)cc(-n3c4ccccc4c4ccccc43)c2O)c(C)c(-n2c3ccccc3c3ccccc32)c1. The molecule has 8 aromatic carbocycles. The lowest BCUT2D eigenvalue weighted by Crippen LogP contribution is -2.02. The Balaban J connectivity index is 0.866. The van der Waals surface area contributed by atoms with E-state index in [-0.39, 0.29) is 5.75 Å². The fourth-order valence-electron chi connectivity index (χ4n) is 9.44. The highest BCUT2D eigenvalue weighted by Crippen LogP contribution is 2.43. The van der Waals surface area contributed by atoms with Gasteiger partial charge in [-0.3, -0.25) is 0 Å². The first-order chi connectivity index (χ1) is 29.5. The van der Waals surface area contributed by atoms with Gasteiger partial charge < -0.3 is 19.0 Å². The number of hydrogen-bond donors (Lipinski definition) is 1. The molecule has 0 unspecified atom stereocenters. The molecule has 0 saturated carbocycles. The lowest BCUT2D eigenvalue weighted by Gasteiger charge is -2.19. The first-order valence-electron chi connectivity index (χ1n) is 21.2. The van der Waals surface area contributed by atoms with Crippen LogP contribution in [0.3, 0.4) is 0 Å². The molecule has 10 aromatic rings. The molecule has 0 fully saturated rings. The van der Waals surface area contributed by atoms with Crippen molar-refractivity contribution in [2.75, 3.05) is 6.61 Å². The molecule has 0 aliphatic carbocycles. The Morgan fingerprint density at radius 1 is 0.433 bits per heavy atom. The smallest absolute Gasteiger partial charge is 0.147 e. The zero-order chi connectivity index (χ0) is 40.7. The summed E-state index contributed by atoms with van der Waals surface area (Å²) in [6.07, 6.45) is 4.04. The maximum atomic E-state index is 12.0. The van der Waals surface area contributed by atoms with Crippen LogP contribution in [-0.4, -0.2) is 20.8 Å². The highest BCUT2D eigenvalue weighted by Gasteiger charge is 2.20. The molecule has 10 rings (SSSR count). The molecule has 0 bridgehead atoms. The quantitative estimate of drug-likeness (QED) is 0.133. The van der Waals surface area contributed by atoms with Crippen LogP contribution in [0, 0.1) is 20.8 Å². The lowest BCUT2D eigenvalue weighted by atomic mass is 9.91. The van der Waals surface area contributed by atoms with Crippen molar-refractivity contribution in [2.45, 2.75) is 46.5 Å². The zero-order valence-electron chi connectivity index (χ0n) is 34.5. The van der Waals surface area contributed by atoms with Crippen molar-refractivity contribution in [3.63, 3.8) is 0 Å². The van der Waals surface area contributed by atoms with E-state index < -0.39 is 0 Å². The molecule has 4 heteroatoms. The van der Waals surface area contributed by atoms with Crippen molar-refractivity contribution in [1.29, 1.82) is 0 Å². The Labute approximate surface area is 351 Å². The van der Waals surface area contributed by atoms with Crippen molar-refractivity contribution in [3.05, 3.63) is 192 Å². The zero-order valence-corrected chi connectivity index (χ0v) is 34.5. The number of aromatic hydroxyl groups is 1. The second-order valence-electron chi connectivity index (χ2n) is 16.2. The van der Waals surface area contributed by atoms with E-state index in [1.165, 1.54) is 55.3 Å². The summed E-state index contributed by atoms with van der Waals surface area (Å²) in [5, 5.41) is 16.9. The number of para-hydroxylation sites is 5. The van der Waals surface area contributed by atoms with Crippen molar-refractivity contribution >= 4 is 43.6 Å². The van der Waals surface area contributed by atoms with Gasteiger partial charge in [0.05, 0.1) is 34.4 Å². The van der Waals surface area contributed by atoms with Gasteiger partial charge in [0.1, 0.15) is 11.5 Å². The molecule has 294 valence electrons. The van der Waals surface area contributed by atoms with Crippen LogP contribution >= 0.6 is 0 Å². The van der Waals surface area contributed by atoms with Crippen LogP contribution in [0.25, 0.3) is 77.2 Å². The van der Waals surface area contributed by atoms with Gasteiger partial charge in [-0.15, -0.1) is 0 Å². The van der Waals surface area contributed by atoms with Crippen LogP contribution < -0.4 is 4.74 Å². The van der Waals surface area contributed by atoms with E-state index in [4.69, 9.17) is 4.74 Å². The summed E-state index contributed by atoms with van der Waals surface area (Å²) in [6, 6.07) is 60.2. The largest absolute Gasteiger partial charge is 0.505 e. The van der Waals surface area contributed by atoms with E-state index in [0.717, 1.165) is 75.6 Å². The Morgan fingerprint density at radius 3 is 1.50 bits per heavy atom. The Morgan fingerprint density at radius 2 is 0.900 bits per heavy atom. The molecule has 60 heavy (non-hydrogen) atoms. The van der Waals surface area contributed by atoms with E-state index in [1.54, 1.807) is 0 Å². The number of fused-ring (bicyclic) bond motifs is 6. The van der Waals surface area contributed by atoms with Gasteiger partial charge in [-0.25, -0.2) is 0 Å². The summed E-state index contributed by atoms with van der Waals surface area (Å²) in [7, 11) is 0. The molecular weight excluding hydrogens is 733 g/mol. The number of unbranched alkanes of at least 4 members (excludes halogenated alkanes) is 2. The van der Waals surface area contributed by atoms with Gasteiger partial charge in [-0.05, 0) is 128 Å². The first-order valence-corrected chi connectivity index (χ1v) is 21.2. The summed E-state index contributed by atoms with van der Waals surface area (Å²) in [5.74, 6) is 1.03. The van der Waals surface area contributed by atoms with E-state index >= 15 is 0 Å². The van der Waals surface area contributed by atoms with Crippen LogP contribution in [0.15, 0.2) is 170 Å². The molecule has 4 nitrogen and oxygen atoms in total. The minimum Gasteiger partial charge on any atom is -0.505 e. The second-order valence-corrected chi connectivity index (χ2v) is 16.2. The maximum absolute atomic E-state index is 12.0. The fourth-order valence-corrected chi connectivity index (χ4v) is 9.44. The predicted molar refractivity (Wildman–Crippen MR) is 251 cm³/mol. The molecule has 0 atom stereocenters. The summed E-state index contributed by atoms with van der Waals surface area (Å²) in [6.45, 7) is 7.19. The summed E-state index contributed by atoms with van der Waals surface area (Å²) in [5.41, 5.74) is 15.8. The topological polar surface area (TPSA) is 39.3 Å². The maximum Gasteiger partial charge on any atom is 0.147 e. The number of benzene rings is 8. The average Bonchev–Trinajstić information content (AvgIpc) is 3.79. The molecule has 1 N–H and O–H groups in total. The van der Waals surface area contributed by atoms with Gasteiger partial charge in [-0.2, -0.15) is 0 Å². The molecule has 0 amide bonds. The molecule has 0 saturated heterocycles. The molecule has 0 radical (unpaired) electrons. The van der Waals surface area contributed by atoms with Crippen LogP contribution in [0.5, 0.6) is 11.5 Å². The van der Waals surface area contributed by atoms with Crippen LogP contribution in [-0.2, 0) is 6.42 Å². The second kappa shape index (κ2) is 15.6. The number of aryl methyl sites for hydroxylation is 3. The fraction of sp³-hybridized carbons (Fsp3) is 0.143. The predicted octanol–water partition coefficient (Wildman–Crippen LogP) is 14.6. The standard InChI is InChI=1S/C56H48N2O2/c1-37-33-47(39(3)53(35-37)57-49-27-13-8-22-42(49)43-23-9-14-28-50(43)57)41-21-7-6-20-40(41)19-5-4-18-32-60-55-31-17-12-26-46(55)48-34-38(2)36-54(56(48)59)58-51-29-15-10-24-44(51)45-25-11-16-30-52(45)58/h6-17,20-31,33-36,59H,4-5,18-19,32H2,1-3H3. The number of aromatic nitrogens is 2. The monoisotopic (exact) mass is 780 g/mol. The van der Waals surface area contributed by atoms with E-state index in [0.29, 0.717) is 6.61 Å². The third kappa shape index (κ3) is 6.49. The average molecular weight is 781 g/mol. The van der Waals surface area contributed by atoms with E-state index in [1.807, 2.05) is 18.2 Å². The van der Waals surface area contributed by atoms with Crippen LogP contribution in [0.4, 0.5) is 0 Å². The number of hydrogen-bond acceptors (Lipinski definition) is 2. The van der Waals surface area contributed by atoms with Crippen molar-refractivity contribution in [2.24, 2.45) is 0 Å². The minimum absolute atomic E-state index is 0.243. The number of rotatable bonds is 11. The van der Waals surface area contributed by atoms with Gasteiger partial charge in [0.15, 0.2) is 0 Å². The number of phenolic OH excluding ortho intramolecular Hbond substituents is 1. The highest BCUT2D eigenvalue weighted by atomic mass is 16.5. The molecule has 2 aromatic heterocycles. The number of phenols is 1. The van der Waals surface area contributed by atoms with Gasteiger partial charge >= 0.3 is 0 Å². The Kier molecular flexibility index (Phi) is 9.69. The first kappa shape index (κ1) is 37.2. The number of nitrogens with zero attached hydrogens (tertiary/aromatic N) is 2. The van der Waals surface area contributed by atoms with Gasteiger partial charge in [-0.1, -0.05) is 121 Å². The van der Waals surface area contributed by atoms with Gasteiger partial charge in [0.2, 0.25) is 0 Å². The normalized spacial score (nSPS) is 11.7. The molecule has 0 aliphatic heterocycles. The molecule has 2 heterocycles. The third-order valence-electron chi connectivity index (χ3n) is 12.2. The molecular formula is C56H48N2O2. The molecule has 0 aliphatic rings. The van der Waals surface area contributed by atoms with Crippen LogP contribution in [0.2, 0.25) is 0 Å². The van der Waals surface area contributed by atoms with Crippen molar-refractivity contribution in [1.82, 2.24) is 9.13 Å².